The van der Waals surface area contributed by atoms with Gasteiger partial charge in [0.15, 0.2) is 0 Å². The molecule has 2 heteroatoms. The second-order valence-electron chi connectivity index (χ2n) is 4.36. The molecule has 0 nitrogen and oxygen atoms in total. The number of hydrogen-bond donors (Lipinski definition) is 0. The first-order valence-corrected chi connectivity index (χ1v) is 7.37. The van der Waals surface area contributed by atoms with Crippen molar-refractivity contribution in [1.29, 1.82) is 0 Å². The van der Waals surface area contributed by atoms with Crippen LogP contribution in [0.4, 0.5) is 0 Å². The largest absolute Gasteiger partial charge is 4.00 e. The summed E-state index contributed by atoms with van der Waals surface area (Å²) in [5.74, 6) is 0. The predicted molar refractivity (Wildman–Crippen MR) is 93.3 cm³/mol. The van der Waals surface area contributed by atoms with Gasteiger partial charge in [-0.15, -0.1) is 0 Å². The van der Waals surface area contributed by atoms with Gasteiger partial charge in [0.1, 0.15) is 0 Å². The third-order valence-corrected chi connectivity index (χ3v) is 2.63. The van der Waals surface area contributed by atoms with Crippen LogP contribution >= 0.6 is 0 Å². The van der Waals surface area contributed by atoms with Crippen molar-refractivity contribution in [3.8, 4) is 0 Å². The zero-order valence-electron chi connectivity index (χ0n) is 13.8. The standard InChI is InChI=1S/2C7H9.C3H7.CH3Si.Zr/c2*1-6-4-3-5-7(6)2;1-3-2;1-2;/h2*3-5H,1-2H3;3H,1-2H3;1H,2H2;/q4*-1;+4. The van der Waals surface area contributed by atoms with E-state index >= 15 is 0 Å². The topological polar surface area (TPSA) is 0 Å². The fourth-order valence-electron chi connectivity index (χ4n) is 1.20. The molecule has 2 aromatic rings. The summed E-state index contributed by atoms with van der Waals surface area (Å²) in [6.07, 6.45) is 6.53. The minimum Gasteiger partial charge on any atom is -0.533 e. The number of aryl methyl sites for hydroxylation is 4. The van der Waals surface area contributed by atoms with Gasteiger partial charge in [0, 0.05) is 0 Å². The molecule has 0 heterocycles. The van der Waals surface area contributed by atoms with Crippen molar-refractivity contribution in [2.75, 3.05) is 0 Å². The average Bonchev–Trinajstić information content (AvgIpc) is 2.94. The molecule has 0 aliphatic heterocycles. The van der Waals surface area contributed by atoms with E-state index in [1.807, 2.05) is 20.3 Å². The summed E-state index contributed by atoms with van der Waals surface area (Å²) in [5, 5.41) is 0. The molecule has 0 atom stereocenters. The molecular weight excluding hydrogens is 336 g/mol. The van der Waals surface area contributed by atoms with Crippen molar-refractivity contribution in [2.45, 2.75) is 41.5 Å². The molecule has 0 N–H and O–H groups in total. The van der Waals surface area contributed by atoms with Crippen LogP contribution < -0.4 is 0 Å². The Labute approximate surface area is 148 Å². The van der Waals surface area contributed by atoms with Gasteiger partial charge in [-0.05, 0) is 0 Å². The van der Waals surface area contributed by atoms with Crippen LogP contribution in [0.1, 0.15) is 36.1 Å². The summed E-state index contributed by atoms with van der Waals surface area (Å²) >= 11 is 0. The second kappa shape index (κ2) is 16.7. The summed E-state index contributed by atoms with van der Waals surface area (Å²) in [6, 6.07) is 12.6. The van der Waals surface area contributed by atoms with Crippen molar-refractivity contribution in [1.82, 2.24) is 0 Å². The molecule has 2 aromatic carbocycles. The molecule has 0 aromatic heterocycles. The monoisotopic (exact) mass is 362 g/mol. The Bertz CT molecular complexity index is 341. The Morgan fingerprint density at radius 3 is 1.20 bits per heavy atom. The maximum absolute atomic E-state index is 4.53. The molecule has 0 amide bonds. The van der Waals surface area contributed by atoms with Crippen LogP contribution in [0, 0.1) is 34.1 Å². The summed E-state index contributed by atoms with van der Waals surface area (Å²) in [5.41, 5.74) is 5.56. The molecule has 20 heavy (non-hydrogen) atoms. The van der Waals surface area contributed by atoms with Gasteiger partial charge in [-0.3, -0.25) is 0 Å². The zero-order chi connectivity index (χ0) is 15.3. The van der Waals surface area contributed by atoms with Gasteiger partial charge in [0.25, 0.3) is 0 Å². The van der Waals surface area contributed by atoms with Crippen molar-refractivity contribution in [3.63, 3.8) is 0 Å². The van der Waals surface area contributed by atoms with E-state index in [1.165, 1.54) is 32.1 Å². The predicted octanol–water partition coefficient (Wildman–Crippen LogP) is 4.20. The van der Waals surface area contributed by atoms with E-state index in [0.29, 0.717) is 0 Å². The first-order chi connectivity index (χ1) is 9.02. The Morgan fingerprint density at radius 2 is 1.15 bits per heavy atom. The summed E-state index contributed by atoms with van der Waals surface area (Å²) in [7, 11) is 1.36. The molecule has 0 radical (unpaired) electrons. The summed E-state index contributed by atoms with van der Waals surface area (Å²) in [6.45, 7) is 12.5. The van der Waals surface area contributed by atoms with E-state index in [1.54, 1.807) is 0 Å². The van der Waals surface area contributed by atoms with E-state index in [0.717, 1.165) is 0 Å². The van der Waals surface area contributed by atoms with Crippen LogP contribution in [0.3, 0.4) is 0 Å². The van der Waals surface area contributed by atoms with E-state index in [4.69, 9.17) is 0 Å². The van der Waals surface area contributed by atoms with Gasteiger partial charge in [-0.25, -0.2) is 34.1 Å². The molecule has 0 aliphatic carbocycles. The minimum atomic E-state index is 0. The summed E-state index contributed by atoms with van der Waals surface area (Å²) in [4.78, 5) is 0. The first-order valence-electron chi connectivity index (χ1n) is 6.55. The molecule has 0 aliphatic rings. The Balaban J connectivity index is -0.000000213. The molecule has 0 saturated heterocycles. The van der Waals surface area contributed by atoms with Gasteiger partial charge in [0.2, 0.25) is 0 Å². The van der Waals surface area contributed by atoms with Gasteiger partial charge >= 0.3 is 26.2 Å². The van der Waals surface area contributed by atoms with Crippen molar-refractivity contribution in [2.24, 2.45) is 0 Å². The molecule has 0 saturated carbocycles. The number of rotatable bonds is 0. The SMILES string of the molecule is C[CH-]C.Cc1ccc[c-]1C.Cc1ccc[c-]1C.[CH-]=[SiH2].[Zr+4]. The molecular formula is C18H28SiZr. The Morgan fingerprint density at radius 1 is 0.900 bits per heavy atom. The smallest absolute Gasteiger partial charge is 0.533 e. The van der Waals surface area contributed by atoms with Crippen LogP contribution in [0.15, 0.2) is 36.4 Å². The van der Waals surface area contributed by atoms with Crippen LogP contribution in [0.5, 0.6) is 0 Å². The molecule has 0 fully saturated rings. The van der Waals surface area contributed by atoms with E-state index in [2.05, 4.69) is 70.3 Å². The summed E-state index contributed by atoms with van der Waals surface area (Å²) < 4.78 is 0. The zero-order valence-corrected chi connectivity index (χ0v) is 17.7. The first kappa shape index (κ1) is 24.7. The molecule has 0 unspecified atom stereocenters. The Hall–Kier alpha value is -0.330. The molecule has 0 bridgehead atoms. The maximum Gasteiger partial charge on any atom is 4.00 e. The van der Waals surface area contributed by atoms with Crippen molar-refractivity contribution < 1.29 is 26.2 Å². The molecule has 2 rings (SSSR count). The van der Waals surface area contributed by atoms with Gasteiger partial charge < -0.3 is 12.6 Å². The fourth-order valence-corrected chi connectivity index (χ4v) is 1.20. The van der Waals surface area contributed by atoms with Crippen LogP contribution in [0.2, 0.25) is 0 Å². The van der Waals surface area contributed by atoms with Crippen molar-refractivity contribution >= 4 is 16.0 Å². The Kier molecular flexibility index (Phi) is 20.6. The maximum atomic E-state index is 4.53. The third kappa shape index (κ3) is 12.7. The van der Waals surface area contributed by atoms with Gasteiger partial charge in [-0.2, -0.15) is 48.2 Å². The third-order valence-electron chi connectivity index (χ3n) is 2.63. The number of hydrogen-bond acceptors (Lipinski definition) is 0. The van der Waals surface area contributed by atoms with E-state index in [9.17, 15) is 0 Å². The quantitative estimate of drug-likeness (QED) is 0.486. The average molecular weight is 364 g/mol. The van der Waals surface area contributed by atoms with Crippen LogP contribution in [0.25, 0.3) is 0 Å². The second-order valence-corrected chi connectivity index (χ2v) is 4.36. The normalized spacial score (nSPS) is 7.70. The van der Waals surface area contributed by atoms with E-state index < -0.39 is 0 Å². The molecule has 0 spiro atoms. The van der Waals surface area contributed by atoms with E-state index in [-0.39, 0.29) is 26.2 Å². The molecule has 108 valence electrons. The minimum absolute atomic E-state index is 0. The van der Waals surface area contributed by atoms with Gasteiger partial charge in [0.05, 0.1) is 0 Å². The van der Waals surface area contributed by atoms with Crippen molar-refractivity contribution in [3.05, 3.63) is 65.1 Å². The van der Waals surface area contributed by atoms with Crippen LogP contribution in [-0.2, 0) is 26.2 Å². The van der Waals surface area contributed by atoms with Crippen LogP contribution in [-0.4, -0.2) is 16.0 Å². The fraction of sp³-hybridized carbons (Fsp3) is 0.333. The van der Waals surface area contributed by atoms with Gasteiger partial charge in [-0.1, -0.05) is 27.7 Å².